The molecule has 2 heterocycles. The molecule has 1 amide bonds. The second-order valence-electron chi connectivity index (χ2n) is 3.70. The maximum atomic E-state index is 12.0. The summed E-state index contributed by atoms with van der Waals surface area (Å²) in [6.45, 7) is 0. The minimum absolute atomic E-state index is 0.224. The van der Waals surface area contributed by atoms with E-state index in [-0.39, 0.29) is 5.91 Å². The first-order valence-corrected chi connectivity index (χ1v) is 5.38. The molecule has 0 atom stereocenters. The molecule has 18 heavy (non-hydrogen) atoms. The lowest BCUT2D eigenvalue weighted by Gasteiger charge is -2.03. The highest BCUT2D eigenvalue weighted by atomic mass is 16.3. The van der Waals surface area contributed by atoms with Crippen LogP contribution >= 0.6 is 0 Å². The van der Waals surface area contributed by atoms with Crippen molar-refractivity contribution in [2.24, 2.45) is 0 Å². The lowest BCUT2D eigenvalue weighted by molar-refractivity contribution is 0.102. The number of hydrogen-bond acceptors (Lipinski definition) is 4. The summed E-state index contributed by atoms with van der Waals surface area (Å²) in [5, 5.41) is 2.71. The third-order valence-corrected chi connectivity index (χ3v) is 2.50. The molecule has 2 aromatic heterocycles. The van der Waals surface area contributed by atoms with Crippen molar-refractivity contribution in [3.8, 4) is 0 Å². The average Bonchev–Trinajstić information content (AvgIpc) is 2.87. The molecular weight excluding hydrogens is 230 g/mol. The first-order chi connectivity index (χ1) is 8.83. The number of carbonyl (C=O) groups is 1. The van der Waals surface area contributed by atoms with Crippen molar-refractivity contribution in [2.45, 2.75) is 0 Å². The summed E-state index contributed by atoms with van der Waals surface area (Å²) in [7, 11) is 0. The summed E-state index contributed by atoms with van der Waals surface area (Å²) in [5.74, 6) is 0.293. The van der Waals surface area contributed by atoms with Crippen LogP contribution < -0.4 is 5.32 Å². The molecule has 5 heteroatoms. The second-order valence-corrected chi connectivity index (χ2v) is 3.70. The number of amides is 1. The largest absolute Gasteiger partial charge is 0.443 e. The van der Waals surface area contributed by atoms with Crippen LogP contribution in [0.5, 0.6) is 0 Å². The van der Waals surface area contributed by atoms with Gasteiger partial charge in [0.2, 0.25) is 0 Å². The number of hydrogen-bond donors (Lipinski definition) is 1. The number of nitrogens with zero attached hydrogens (tertiary/aromatic N) is 2. The number of fused-ring (bicyclic) bond motifs is 1. The Kier molecular flexibility index (Phi) is 2.49. The topological polar surface area (TPSA) is 68.0 Å². The van der Waals surface area contributed by atoms with Gasteiger partial charge >= 0.3 is 0 Å². The van der Waals surface area contributed by atoms with Crippen LogP contribution in [0.3, 0.4) is 0 Å². The van der Waals surface area contributed by atoms with E-state index >= 15 is 0 Å². The fourth-order valence-corrected chi connectivity index (χ4v) is 1.62. The van der Waals surface area contributed by atoms with Crippen LogP contribution in [0.2, 0.25) is 0 Å². The molecule has 0 aliphatic rings. The molecule has 0 saturated heterocycles. The van der Waals surface area contributed by atoms with Gasteiger partial charge in [0, 0.05) is 11.8 Å². The first-order valence-electron chi connectivity index (χ1n) is 5.38. The van der Waals surface area contributed by atoms with Crippen molar-refractivity contribution in [3.05, 3.63) is 54.6 Å². The molecule has 5 nitrogen and oxygen atoms in total. The highest BCUT2D eigenvalue weighted by Gasteiger charge is 2.08. The molecule has 88 valence electrons. The van der Waals surface area contributed by atoms with E-state index in [0.29, 0.717) is 22.5 Å². The molecule has 0 saturated carbocycles. The monoisotopic (exact) mass is 239 g/mol. The van der Waals surface area contributed by atoms with Gasteiger partial charge in [0.25, 0.3) is 5.91 Å². The molecule has 3 aromatic rings. The van der Waals surface area contributed by atoms with E-state index in [9.17, 15) is 4.79 Å². The maximum absolute atomic E-state index is 12.0. The van der Waals surface area contributed by atoms with E-state index in [2.05, 4.69) is 15.3 Å². The van der Waals surface area contributed by atoms with Gasteiger partial charge in [-0.2, -0.15) is 0 Å². The van der Waals surface area contributed by atoms with Gasteiger partial charge in [-0.1, -0.05) is 6.07 Å². The third-order valence-electron chi connectivity index (χ3n) is 2.50. The van der Waals surface area contributed by atoms with Gasteiger partial charge in [-0.3, -0.25) is 4.79 Å². The van der Waals surface area contributed by atoms with Crippen molar-refractivity contribution in [3.63, 3.8) is 0 Å². The van der Waals surface area contributed by atoms with Crippen molar-refractivity contribution in [2.75, 3.05) is 5.32 Å². The number of aromatic nitrogens is 2. The molecule has 0 aliphatic carbocycles. The van der Waals surface area contributed by atoms with Crippen LogP contribution in [0.25, 0.3) is 11.1 Å². The van der Waals surface area contributed by atoms with E-state index in [4.69, 9.17) is 4.42 Å². The van der Waals surface area contributed by atoms with E-state index in [1.165, 1.54) is 6.39 Å². The fraction of sp³-hybridized carbons (Fsp3) is 0. The highest BCUT2D eigenvalue weighted by Crippen LogP contribution is 2.15. The van der Waals surface area contributed by atoms with Crippen LogP contribution in [-0.4, -0.2) is 15.9 Å². The molecule has 0 bridgehead atoms. The van der Waals surface area contributed by atoms with Gasteiger partial charge < -0.3 is 9.73 Å². The summed E-state index contributed by atoms with van der Waals surface area (Å²) in [4.78, 5) is 20.0. The van der Waals surface area contributed by atoms with Crippen LogP contribution in [-0.2, 0) is 0 Å². The molecule has 0 fully saturated rings. The summed E-state index contributed by atoms with van der Waals surface area (Å²) in [6, 6.07) is 10.4. The van der Waals surface area contributed by atoms with E-state index < -0.39 is 0 Å². The van der Waals surface area contributed by atoms with Crippen LogP contribution in [0, 0.1) is 0 Å². The third kappa shape index (κ3) is 1.93. The van der Waals surface area contributed by atoms with Crippen LogP contribution in [0.1, 0.15) is 10.4 Å². The van der Waals surface area contributed by atoms with E-state index in [1.807, 2.05) is 6.07 Å². The van der Waals surface area contributed by atoms with Crippen LogP contribution in [0.15, 0.2) is 53.4 Å². The summed E-state index contributed by atoms with van der Waals surface area (Å²) >= 11 is 0. The Hall–Kier alpha value is -2.69. The zero-order valence-corrected chi connectivity index (χ0v) is 9.33. The Morgan fingerprint density at radius 1 is 1.17 bits per heavy atom. The first kappa shape index (κ1) is 10.5. The SMILES string of the molecule is O=C(Nc1ccccn1)c1ccc2ocnc2c1. The number of anilines is 1. The molecule has 0 aliphatic heterocycles. The maximum Gasteiger partial charge on any atom is 0.256 e. The predicted molar refractivity (Wildman–Crippen MR) is 66.2 cm³/mol. The average molecular weight is 239 g/mol. The van der Waals surface area contributed by atoms with Crippen molar-refractivity contribution < 1.29 is 9.21 Å². The fourth-order valence-electron chi connectivity index (χ4n) is 1.62. The highest BCUT2D eigenvalue weighted by molar-refractivity contribution is 6.05. The summed E-state index contributed by atoms with van der Waals surface area (Å²) in [5.41, 5.74) is 1.83. The smallest absolute Gasteiger partial charge is 0.256 e. The molecule has 1 N–H and O–H groups in total. The normalized spacial score (nSPS) is 10.4. The zero-order chi connectivity index (χ0) is 12.4. The Balaban J connectivity index is 1.87. The number of benzene rings is 1. The quantitative estimate of drug-likeness (QED) is 0.745. The summed E-state index contributed by atoms with van der Waals surface area (Å²) < 4.78 is 5.12. The van der Waals surface area contributed by atoms with E-state index in [0.717, 1.165) is 0 Å². The molecule has 3 rings (SSSR count). The molecule has 1 aromatic carbocycles. The summed E-state index contributed by atoms with van der Waals surface area (Å²) in [6.07, 6.45) is 2.97. The lowest BCUT2D eigenvalue weighted by atomic mass is 10.2. The van der Waals surface area contributed by atoms with Crippen molar-refractivity contribution >= 4 is 22.8 Å². The minimum atomic E-state index is -0.224. The van der Waals surface area contributed by atoms with Gasteiger partial charge in [0.15, 0.2) is 12.0 Å². The standard InChI is InChI=1S/C13H9N3O2/c17-13(16-12-3-1-2-6-14-12)9-4-5-11-10(7-9)15-8-18-11/h1-8H,(H,14,16,17). The van der Waals surface area contributed by atoms with Gasteiger partial charge in [0.1, 0.15) is 11.3 Å². The number of rotatable bonds is 2. The molecule has 0 radical (unpaired) electrons. The van der Waals surface area contributed by atoms with Gasteiger partial charge in [0.05, 0.1) is 0 Å². The molecular formula is C13H9N3O2. The van der Waals surface area contributed by atoms with Gasteiger partial charge in [-0.25, -0.2) is 9.97 Å². The molecule has 0 spiro atoms. The Morgan fingerprint density at radius 3 is 2.94 bits per heavy atom. The minimum Gasteiger partial charge on any atom is -0.443 e. The number of nitrogens with one attached hydrogen (secondary N) is 1. The van der Waals surface area contributed by atoms with Gasteiger partial charge in [-0.15, -0.1) is 0 Å². The lowest BCUT2D eigenvalue weighted by Crippen LogP contribution is -2.12. The number of pyridine rings is 1. The van der Waals surface area contributed by atoms with Crippen molar-refractivity contribution in [1.29, 1.82) is 0 Å². The number of carbonyl (C=O) groups excluding carboxylic acids is 1. The van der Waals surface area contributed by atoms with Crippen molar-refractivity contribution in [1.82, 2.24) is 9.97 Å². The number of oxazole rings is 1. The predicted octanol–water partition coefficient (Wildman–Crippen LogP) is 2.48. The van der Waals surface area contributed by atoms with Crippen LogP contribution in [0.4, 0.5) is 5.82 Å². The Morgan fingerprint density at radius 2 is 2.11 bits per heavy atom. The second kappa shape index (κ2) is 4.29. The zero-order valence-electron chi connectivity index (χ0n) is 9.33. The van der Waals surface area contributed by atoms with Gasteiger partial charge in [-0.05, 0) is 30.3 Å². The Bertz CT molecular complexity index is 692. The Labute approximate surface area is 102 Å². The van der Waals surface area contributed by atoms with E-state index in [1.54, 1.807) is 36.5 Å². The molecule has 0 unspecified atom stereocenters.